The van der Waals surface area contributed by atoms with Crippen LogP contribution >= 0.6 is 15.9 Å². The van der Waals surface area contributed by atoms with E-state index in [1.807, 2.05) is 0 Å². The first-order valence-electron chi connectivity index (χ1n) is 5.40. The first-order valence-corrected chi connectivity index (χ1v) is 6.52. The van der Waals surface area contributed by atoms with Gasteiger partial charge in [0.2, 0.25) is 0 Å². The van der Waals surface area contributed by atoms with Crippen LogP contribution in [0.1, 0.15) is 31.9 Å². The van der Waals surface area contributed by atoms with E-state index in [0.29, 0.717) is 0 Å². The summed E-state index contributed by atoms with van der Waals surface area (Å²) in [6.07, 6.45) is 1.09. The zero-order valence-electron chi connectivity index (χ0n) is 9.81. The Kier molecular flexibility index (Phi) is 4.81. The summed E-state index contributed by atoms with van der Waals surface area (Å²) in [5, 5.41) is 3.26. The van der Waals surface area contributed by atoms with Crippen LogP contribution in [0.15, 0.2) is 24.3 Å². The lowest BCUT2D eigenvalue weighted by Gasteiger charge is -2.19. The van der Waals surface area contributed by atoms with E-state index in [1.54, 1.807) is 0 Å². The maximum absolute atomic E-state index is 3.35. The SMILES string of the molecule is CC(C)(C)c1ccc(CCNCBr)cc1. The summed E-state index contributed by atoms with van der Waals surface area (Å²) < 4.78 is 0. The molecule has 1 aromatic carbocycles. The molecule has 1 aromatic rings. The van der Waals surface area contributed by atoms with E-state index in [9.17, 15) is 0 Å². The highest BCUT2D eigenvalue weighted by Crippen LogP contribution is 2.22. The van der Waals surface area contributed by atoms with Gasteiger partial charge < -0.3 is 5.32 Å². The number of benzene rings is 1. The fourth-order valence-corrected chi connectivity index (χ4v) is 1.75. The van der Waals surface area contributed by atoms with Gasteiger partial charge in [-0.05, 0) is 29.5 Å². The van der Waals surface area contributed by atoms with Crippen LogP contribution in [0.5, 0.6) is 0 Å². The fourth-order valence-electron chi connectivity index (χ4n) is 1.47. The Bertz CT molecular complexity index is 284. The van der Waals surface area contributed by atoms with Crippen LogP contribution in [0.3, 0.4) is 0 Å². The van der Waals surface area contributed by atoms with Gasteiger partial charge in [-0.15, -0.1) is 0 Å². The van der Waals surface area contributed by atoms with E-state index in [1.165, 1.54) is 11.1 Å². The molecule has 0 amide bonds. The minimum Gasteiger partial charge on any atom is -0.307 e. The molecule has 0 aliphatic heterocycles. The van der Waals surface area contributed by atoms with Crippen molar-refractivity contribution < 1.29 is 0 Å². The zero-order chi connectivity index (χ0) is 11.3. The van der Waals surface area contributed by atoms with Gasteiger partial charge in [-0.25, -0.2) is 0 Å². The van der Waals surface area contributed by atoms with Crippen LogP contribution in [0.25, 0.3) is 0 Å². The minimum atomic E-state index is 0.257. The lowest BCUT2D eigenvalue weighted by Crippen LogP contribution is -2.15. The highest BCUT2D eigenvalue weighted by Gasteiger charge is 2.12. The molecule has 0 unspecified atom stereocenters. The summed E-state index contributed by atoms with van der Waals surface area (Å²) in [6.45, 7) is 7.76. The maximum atomic E-state index is 3.35. The Morgan fingerprint density at radius 2 is 1.73 bits per heavy atom. The highest BCUT2D eigenvalue weighted by atomic mass is 79.9. The van der Waals surface area contributed by atoms with Crippen molar-refractivity contribution >= 4 is 15.9 Å². The van der Waals surface area contributed by atoms with E-state index in [0.717, 1.165) is 18.4 Å². The third kappa shape index (κ3) is 4.35. The Morgan fingerprint density at radius 3 is 2.20 bits per heavy atom. The van der Waals surface area contributed by atoms with Crippen molar-refractivity contribution in [3.05, 3.63) is 35.4 Å². The van der Waals surface area contributed by atoms with Crippen LogP contribution in [0, 0.1) is 0 Å². The summed E-state index contributed by atoms with van der Waals surface area (Å²) in [4.78, 5) is 0. The highest BCUT2D eigenvalue weighted by molar-refractivity contribution is 9.09. The molecule has 0 bridgehead atoms. The van der Waals surface area contributed by atoms with Gasteiger partial charge in [-0.1, -0.05) is 61.0 Å². The third-order valence-corrected chi connectivity index (χ3v) is 2.90. The Hall–Kier alpha value is -0.340. The average molecular weight is 270 g/mol. The molecule has 1 N–H and O–H groups in total. The lowest BCUT2D eigenvalue weighted by atomic mass is 9.86. The number of hydrogen-bond donors (Lipinski definition) is 1. The second-order valence-electron chi connectivity index (χ2n) is 4.83. The van der Waals surface area contributed by atoms with Gasteiger partial charge in [0.1, 0.15) is 0 Å². The van der Waals surface area contributed by atoms with Crippen LogP contribution in [0.4, 0.5) is 0 Å². The average Bonchev–Trinajstić information content (AvgIpc) is 2.18. The zero-order valence-corrected chi connectivity index (χ0v) is 11.4. The Labute approximate surface area is 101 Å². The molecule has 0 aliphatic rings. The van der Waals surface area contributed by atoms with Crippen LogP contribution in [-0.2, 0) is 11.8 Å². The molecule has 1 rings (SSSR count). The van der Waals surface area contributed by atoms with Crippen molar-refractivity contribution in [2.24, 2.45) is 0 Å². The first kappa shape index (κ1) is 12.7. The second-order valence-corrected chi connectivity index (χ2v) is 5.39. The Balaban J connectivity index is 2.57. The molecule has 0 saturated carbocycles. The number of nitrogens with one attached hydrogen (secondary N) is 1. The lowest BCUT2D eigenvalue weighted by molar-refractivity contribution is 0.590. The van der Waals surface area contributed by atoms with Gasteiger partial charge in [-0.3, -0.25) is 0 Å². The molecule has 1 nitrogen and oxygen atoms in total. The maximum Gasteiger partial charge on any atom is 0.0517 e. The molecule has 84 valence electrons. The van der Waals surface area contributed by atoms with E-state index in [4.69, 9.17) is 0 Å². The predicted molar refractivity (Wildman–Crippen MR) is 70.6 cm³/mol. The van der Waals surface area contributed by atoms with Crippen molar-refractivity contribution in [1.29, 1.82) is 0 Å². The smallest absolute Gasteiger partial charge is 0.0517 e. The molecule has 15 heavy (non-hydrogen) atoms. The van der Waals surface area contributed by atoms with Gasteiger partial charge in [0.05, 0.1) is 5.45 Å². The van der Waals surface area contributed by atoms with E-state index in [2.05, 4.69) is 66.3 Å². The molecule has 0 atom stereocenters. The summed E-state index contributed by atoms with van der Waals surface area (Å²) in [7, 11) is 0. The molecule has 2 heteroatoms. The molecule has 0 radical (unpaired) electrons. The van der Waals surface area contributed by atoms with Crippen LogP contribution < -0.4 is 5.32 Å². The second kappa shape index (κ2) is 5.66. The van der Waals surface area contributed by atoms with Crippen molar-refractivity contribution in [1.82, 2.24) is 5.32 Å². The van der Waals surface area contributed by atoms with Gasteiger partial charge in [0.25, 0.3) is 0 Å². The molecule has 0 fully saturated rings. The third-order valence-electron chi connectivity index (χ3n) is 2.50. The minimum absolute atomic E-state index is 0.257. The molecule has 0 spiro atoms. The standard InChI is InChI=1S/C13H20BrN/c1-13(2,3)12-6-4-11(5-7-12)8-9-15-10-14/h4-7,15H,8-10H2,1-3H3. The van der Waals surface area contributed by atoms with E-state index in [-0.39, 0.29) is 5.41 Å². The normalized spacial score (nSPS) is 11.7. The number of halogens is 1. The first-order chi connectivity index (χ1) is 7.04. The molecular weight excluding hydrogens is 250 g/mol. The number of rotatable bonds is 4. The summed E-state index contributed by atoms with van der Waals surface area (Å²) in [6, 6.07) is 8.94. The van der Waals surface area contributed by atoms with E-state index < -0.39 is 0 Å². The van der Waals surface area contributed by atoms with Crippen molar-refractivity contribution in [3.8, 4) is 0 Å². The van der Waals surface area contributed by atoms with Crippen molar-refractivity contribution in [2.45, 2.75) is 32.6 Å². The number of alkyl halides is 1. The van der Waals surface area contributed by atoms with Crippen molar-refractivity contribution in [2.75, 3.05) is 12.0 Å². The largest absolute Gasteiger partial charge is 0.307 e. The van der Waals surface area contributed by atoms with Crippen LogP contribution in [0.2, 0.25) is 0 Å². The fraction of sp³-hybridized carbons (Fsp3) is 0.538. The molecular formula is C13H20BrN. The number of hydrogen-bond acceptors (Lipinski definition) is 1. The summed E-state index contributed by atoms with van der Waals surface area (Å²) in [5.74, 6) is 0. The summed E-state index contributed by atoms with van der Waals surface area (Å²) >= 11 is 3.35. The van der Waals surface area contributed by atoms with Crippen LogP contribution in [-0.4, -0.2) is 12.0 Å². The topological polar surface area (TPSA) is 12.0 Å². The summed E-state index contributed by atoms with van der Waals surface area (Å²) in [5.41, 5.74) is 3.93. The monoisotopic (exact) mass is 269 g/mol. The molecule has 0 aliphatic carbocycles. The molecule has 0 saturated heterocycles. The van der Waals surface area contributed by atoms with Gasteiger partial charge in [0, 0.05) is 0 Å². The molecule has 0 aromatic heterocycles. The van der Waals surface area contributed by atoms with Gasteiger partial charge in [0.15, 0.2) is 0 Å². The quantitative estimate of drug-likeness (QED) is 0.502. The predicted octanol–water partition coefficient (Wildman–Crippen LogP) is 3.47. The van der Waals surface area contributed by atoms with Gasteiger partial charge >= 0.3 is 0 Å². The van der Waals surface area contributed by atoms with Gasteiger partial charge in [-0.2, -0.15) is 0 Å². The molecule has 0 heterocycles. The van der Waals surface area contributed by atoms with Crippen molar-refractivity contribution in [3.63, 3.8) is 0 Å². The van der Waals surface area contributed by atoms with E-state index >= 15 is 0 Å². The Morgan fingerprint density at radius 1 is 1.13 bits per heavy atom.